The van der Waals surface area contributed by atoms with Crippen LogP contribution >= 0.6 is 11.8 Å². The molecule has 2 aromatic carbocycles. The maximum absolute atomic E-state index is 12.3. The van der Waals surface area contributed by atoms with Crippen LogP contribution in [0, 0.1) is 0 Å². The molecule has 0 unspecified atom stereocenters. The van der Waals surface area contributed by atoms with E-state index in [2.05, 4.69) is 0 Å². The van der Waals surface area contributed by atoms with E-state index in [1.165, 1.54) is 24.3 Å². The van der Waals surface area contributed by atoms with Gasteiger partial charge in [-0.3, -0.25) is 4.79 Å². The summed E-state index contributed by atoms with van der Waals surface area (Å²) in [4.78, 5) is 12.2. The summed E-state index contributed by atoms with van der Waals surface area (Å²) in [7, 11) is -9.17. The molecule has 0 spiro atoms. The van der Waals surface area contributed by atoms with E-state index in [1.807, 2.05) is 0 Å². The fraction of sp³-hybridized carbons (Fsp3) is 0. The molecular formula is C15H8K2O7S3. The van der Waals surface area contributed by atoms with Crippen molar-refractivity contribution in [3.05, 3.63) is 58.5 Å². The summed E-state index contributed by atoms with van der Waals surface area (Å²) in [5.74, 6) is -0.338. The zero-order chi connectivity index (χ0) is 18.4. The van der Waals surface area contributed by atoms with E-state index in [-0.39, 0.29) is 124 Å². The number of allylic oxidation sites excluding steroid dienone is 1. The molecule has 130 valence electrons. The van der Waals surface area contributed by atoms with E-state index in [0.29, 0.717) is 10.5 Å². The van der Waals surface area contributed by atoms with E-state index >= 15 is 0 Å². The smallest absolute Gasteiger partial charge is 0.744 e. The van der Waals surface area contributed by atoms with E-state index in [4.69, 9.17) is 0 Å². The Morgan fingerprint density at radius 1 is 0.815 bits per heavy atom. The van der Waals surface area contributed by atoms with Crippen LogP contribution < -0.4 is 103 Å². The van der Waals surface area contributed by atoms with Crippen LogP contribution in [-0.4, -0.2) is 31.7 Å². The van der Waals surface area contributed by atoms with Crippen molar-refractivity contribution in [3.8, 4) is 0 Å². The second kappa shape index (κ2) is 10.1. The Morgan fingerprint density at radius 2 is 1.33 bits per heavy atom. The molecule has 0 saturated carbocycles. The number of rotatable bonds is 3. The Balaban J connectivity index is 0.00000182. The number of ketones is 1. The van der Waals surface area contributed by atoms with Crippen LogP contribution in [0.15, 0.2) is 62.1 Å². The Bertz CT molecular complexity index is 1120. The molecule has 1 aliphatic heterocycles. The molecule has 1 aliphatic rings. The predicted molar refractivity (Wildman–Crippen MR) is 87.0 cm³/mol. The molecule has 0 fully saturated rings. The van der Waals surface area contributed by atoms with Gasteiger partial charge < -0.3 is 9.11 Å². The molecule has 0 N–H and O–H groups in total. The number of hydrogen-bond donors (Lipinski definition) is 0. The van der Waals surface area contributed by atoms with Gasteiger partial charge in [0.05, 0.1) is 14.7 Å². The van der Waals surface area contributed by atoms with Gasteiger partial charge >= 0.3 is 103 Å². The topological polar surface area (TPSA) is 131 Å². The Hall–Kier alpha value is 1.29. The summed E-state index contributed by atoms with van der Waals surface area (Å²) in [6.45, 7) is 0. The summed E-state index contributed by atoms with van der Waals surface area (Å²) < 4.78 is 65.9. The summed E-state index contributed by atoms with van der Waals surface area (Å²) in [5, 5.41) is 0. The second-order valence-electron chi connectivity index (χ2n) is 5.08. The summed E-state index contributed by atoms with van der Waals surface area (Å²) in [6.07, 6.45) is 1.49. The average molecular weight is 475 g/mol. The fourth-order valence-electron chi connectivity index (χ4n) is 2.20. The van der Waals surface area contributed by atoms with Crippen LogP contribution in [0.2, 0.25) is 0 Å². The van der Waals surface area contributed by atoms with Crippen molar-refractivity contribution < 1.29 is 134 Å². The minimum absolute atomic E-state index is 0. The van der Waals surface area contributed by atoms with E-state index < -0.39 is 25.1 Å². The third kappa shape index (κ3) is 6.38. The van der Waals surface area contributed by atoms with E-state index in [0.717, 1.165) is 36.0 Å². The summed E-state index contributed by atoms with van der Waals surface area (Å²) in [6, 6.07) is 8.53. The number of carbonyl (C=O) groups is 1. The third-order valence-electron chi connectivity index (χ3n) is 3.40. The van der Waals surface area contributed by atoms with Crippen LogP contribution in [0.3, 0.4) is 0 Å². The number of hydrogen-bond acceptors (Lipinski definition) is 8. The molecule has 0 bridgehead atoms. The molecule has 3 rings (SSSR count). The summed E-state index contributed by atoms with van der Waals surface area (Å²) >= 11 is 1.01. The van der Waals surface area contributed by atoms with Gasteiger partial charge in [-0.15, -0.1) is 0 Å². The third-order valence-corrected chi connectivity index (χ3v) is 6.16. The van der Waals surface area contributed by atoms with Crippen LogP contribution in [0.1, 0.15) is 15.9 Å². The molecule has 0 amide bonds. The van der Waals surface area contributed by atoms with Gasteiger partial charge in [0, 0.05) is 10.5 Å². The van der Waals surface area contributed by atoms with Gasteiger partial charge in [0.2, 0.25) is 5.78 Å². The Labute approximate surface area is 245 Å². The molecule has 0 aromatic heterocycles. The average Bonchev–Trinajstić information content (AvgIpc) is 2.82. The van der Waals surface area contributed by atoms with E-state index in [1.54, 1.807) is 0 Å². The number of Topliss-reactive ketones (excluding diaryl/α,β-unsaturated/α-hetero) is 1. The molecule has 1 heterocycles. The standard InChI is InChI=1S/C15H10O7S3.2K/c16-15-12-6-5-11(25(20,21)22)8-13(12)23-14(15)7-9-1-3-10(4-2-9)24(17,18)19;;/h1-8H,(H,17,18,19)(H,20,21,22);;/q;2*+1/p-2. The molecule has 7 nitrogen and oxygen atoms in total. The first-order chi connectivity index (χ1) is 11.6. The first-order valence-electron chi connectivity index (χ1n) is 6.66. The van der Waals surface area contributed by atoms with Crippen molar-refractivity contribution in [2.24, 2.45) is 0 Å². The van der Waals surface area contributed by atoms with Crippen molar-refractivity contribution in [2.45, 2.75) is 14.7 Å². The maximum atomic E-state index is 12.3. The van der Waals surface area contributed by atoms with Gasteiger partial charge in [-0.1, -0.05) is 23.9 Å². The SMILES string of the molecule is O=C1C(=Cc2ccc(S(=O)(=O)[O-])cc2)Sc2cc(S(=O)(=O)[O-])ccc21.[K+].[K+]. The predicted octanol–water partition coefficient (Wildman–Crippen LogP) is -4.17. The molecular weight excluding hydrogens is 467 g/mol. The number of benzene rings is 2. The Morgan fingerprint density at radius 3 is 1.85 bits per heavy atom. The first kappa shape index (κ1) is 26.3. The zero-order valence-corrected chi connectivity index (χ0v) is 22.9. The van der Waals surface area contributed by atoms with Crippen LogP contribution in [-0.2, 0) is 20.2 Å². The molecule has 0 saturated heterocycles. The number of thioether (sulfide) groups is 1. The normalized spacial score (nSPS) is 15.0. The van der Waals surface area contributed by atoms with Crippen LogP contribution in [0.5, 0.6) is 0 Å². The van der Waals surface area contributed by atoms with Crippen molar-refractivity contribution in [2.75, 3.05) is 0 Å². The van der Waals surface area contributed by atoms with Gasteiger partial charge in [-0.2, -0.15) is 0 Å². The van der Waals surface area contributed by atoms with Gasteiger partial charge in [0.15, 0.2) is 0 Å². The van der Waals surface area contributed by atoms with Crippen molar-refractivity contribution in [1.29, 1.82) is 0 Å². The second-order valence-corrected chi connectivity index (χ2v) is 8.92. The zero-order valence-electron chi connectivity index (χ0n) is 14.2. The molecule has 27 heavy (non-hydrogen) atoms. The Kier molecular flexibility index (Phi) is 9.82. The maximum Gasteiger partial charge on any atom is 1.00 e. The monoisotopic (exact) mass is 474 g/mol. The molecule has 2 aromatic rings. The van der Waals surface area contributed by atoms with Crippen LogP contribution in [0.4, 0.5) is 0 Å². The number of fused-ring (bicyclic) bond motifs is 1. The van der Waals surface area contributed by atoms with Gasteiger partial charge in [-0.05, 0) is 42.0 Å². The number of carbonyl (C=O) groups excluding carboxylic acids is 1. The van der Waals surface area contributed by atoms with Gasteiger partial charge in [0.25, 0.3) is 0 Å². The van der Waals surface area contributed by atoms with Crippen LogP contribution in [0.25, 0.3) is 6.08 Å². The van der Waals surface area contributed by atoms with Crippen molar-refractivity contribution in [1.82, 2.24) is 0 Å². The fourth-order valence-corrected chi connectivity index (χ4v) is 4.34. The molecule has 12 heteroatoms. The van der Waals surface area contributed by atoms with Crippen molar-refractivity contribution in [3.63, 3.8) is 0 Å². The molecule has 0 atom stereocenters. The quantitative estimate of drug-likeness (QED) is 0.249. The minimum atomic E-state index is -4.62. The van der Waals surface area contributed by atoms with Crippen molar-refractivity contribution >= 4 is 43.9 Å². The van der Waals surface area contributed by atoms with E-state index in [9.17, 15) is 30.7 Å². The van der Waals surface area contributed by atoms with Gasteiger partial charge in [0.1, 0.15) is 20.2 Å². The summed E-state index contributed by atoms with van der Waals surface area (Å²) in [5.41, 5.74) is 0.773. The molecule has 0 radical (unpaired) electrons. The first-order valence-corrected chi connectivity index (χ1v) is 10.3. The molecule has 0 aliphatic carbocycles. The largest absolute Gasteiger partial charge is 1.00 e. The minimum Gasteiger partial charge on any atom is -0.744 e. The van der Waals surface area contributed by atoms with Gasteiger partial charge in [-0.25, -0.2) is 16.8 Å².